The Morgan fingerprint density at radius 1 is 0.329 bits per heavy atom. The van der Waals surface area contributed by atoms with Crippen LogP contribution >= 0.6 is 11.3 Å². The Bertz CT molecular complexity index is 4030. The molecule has 12 aromatic carbocycles. The number of anilines is 6. The highest BCUT2D eigenvalue weighted by Gasteiger charge is 2.39. The minimum absolute atomic E-state index is 0.221. The largest absolute Gasteiger partial charge is 0.311 e. The van der Waals surface area contributed by atoms with E-state index in [1.807, 2.05) is 11.3 Å². The molecule has 0 spiro atoms. The summed E-state index contributed by atoms with van der Waals surface area (Å²) in [5.41, 5.74) is 17.0. The fourth-order valence-electron chi connectivity index (χ4n) is 11.8. The third kappa shape index (κ3) is 6.18. The molecule has 0 saturated heterocycles. The zero-order valence-electron chi connectivity index (χ0n) is 38.9. The van der Waals surface area contributed by atoms with Crippen molar-refractivity contribution in [1.82, 2.24) is 0 Å². The van der Waals surface area contributed by atoms with Gasteiger partial charge < -0.3 is 9.80 Å². The molecule has 70 heavy (non-hydrogen) atoms. The third-order valence-electron chi connectivity index (χ3n) is 14.9. The van der Waals surface area contributed by atoms with E-state index in [0.717, 1.165) is 34.1 Å². The van der Waals surface area contributed by atoms with Crippen LogP contribution in [-0.2, 0) is 5.41 Å². The van der Waals surface area contributed by atoms with Crippen LogP contribution < -0.4 is 9.80 Å². The maximum atomic E-state index is 2.47. The summed E-state index contributed by atoms with van der Waals surface area (Å²) < 4.78 is 2.68. The van der Waals surface area contributed by atoms with Gasteiger partial charge in [-0.25, -0.2) is 0 Å². The number of para-hydroxylation sites is 4. The van der Waals surface area contributed by atoms with Gasteiger partial charge in [0.2, 0.25) is 0 Å². The van der Waals surface area contributed by atoms with Crippen LogP contribution in [0.1, 0.15) is 25.0 Å². The highest BCUT2D eigenvalue weighted by Crippen LogP contribution is 2.58. The number of fused-ring (bicyclic) bond motifs is 10. The van der Waals surface area contributed by atoms with Gasteiger partial charge in [0.05, 0.1) is 0 Å². The lowest BCUT2D eigenvalue weighted by atomic mass is 9.77. The molecule has 3 heteroatoms. The monoisotopic (exact) mass is 910 g/mol. The highest BCUT2D eigenvalue weighted by atomic mass is 32.1. The summed E-state index contributed by atoms with van der Waals surface area (Å²) in [6.45, 7) is 4.88. The average Bonchev–Trinajstić information content (AvgIpc) is 3.92. The zero-order chi connectivity index (χ0) is 46.5. The van der Waals surface area contributed by atoms with Gasteiger partial charge in [0.1, 0.15) is 0 Å². The lowest BCUT2D eigenvalue weighted by Crippen LogP contribution is -2.16. The first-order valence-electron chi connectivity index (χ1n) is 24.2. The summed E-state index contributed by atoms with van der Waals surface area (Å²) in [4.78, 5) is 4.64. The van der Waals surface area contributed by atoms with Crippen LogP contribution in [0, 0.1) is 0 Å². The van der Waals surface area contributed by atoms with Gasteiger partial charge in [-0.3, -0.25) is 0 Å². The van der Waals surface area contributed by atoms with Gasteiger partial charge in [0.15, 0.2) is 0 Å². The second kappa shape index (κ2) is 15.8. The highest BCUT2D eigenvalue weighted by molar-refractivity contribution is 7.27. The molecule has 1 aliphatic rings. The number of thiophene rings is 1. The number of hydrogen-bond acceptors (Lipinski definition) is 3. The topological polar surface area (TPSA) is 6.48 Å². The molecule has 0 amide bonds. The molecule has 0 radical (unpaired) electrons. The Balaban J connectivity index is 0.864. The minimum atomic E-state index is -0.221. The number of benzene rings is 12. The molecule has 1 aromatic heterocycles. The van der Waals surface area contributed by atoms with Crippen molar-refractivity contribution in [2.75, 3.05) is 9.80 Å². The van der Waals surface area contributed by atoms with Crippen LogP contribution in [0.2, 0.25) is 0 Å². The lowest BCUT2D eigenvalue weighted by molar-refractivity contribution is 0.667. The summed E-state index contributed by atoms with van der Waals surface area (Å²) in [5, 5.41) is 10.9. The quantitative estimate of drug-likeness (QED) is 0.140. The van der Waals surface area contributed by atoms with Crippen LogP contribution in [0.15, 0.2) is 243 Å². The van der Waals surface area contributed by atoms with E-state index in [2.05, 4.69) is 266 Å². The second-order valence-corrected chi connectivity index (χ2v) is 20.3. The van der Waals surface area contributed by atoms with Crippen molar-refractivity contribution >= 4 is 98.0 Å². The summed E-state index contributed by atoms with van der Waals surface area (Å²) >= 11 is 1.94. The van der Waals surface area contributed by atoms with Gasteiger partial charge in [-0.05, 0) is 156 Å². The lowest BCUT2D eigenvalue weighted by Gasteiger charge is -2.26. The van der Waals surface area contributed by atoms with Gasteiger partial charge in [-0.15, -0.1) is 11.3 Å². The maximum absolute atomic E-state index is 2.47. The second-order valence-electron chi connectivity index (χ2n) is 19.2. The summed E-state index contributed by atoms with van der Waals surface area (Å²) in [5.74, 6) is 0. The first-order chi connectivity index (χ1) is 34.5. The number of rotatable bonds is 8. The van der Waals surface area contributed by atoms with Crippen molar-refractivity contribution in [3.8, 4) is 33.4 Å². The molecule has 13 aromatic rings. The normalized spacial score (nSPS) is 12.8. The van der Waals surface area contributed by atoms with E-state index in [9.17, 15) is 0 Å². The molecule has 0 unspecified atom stereocenters. The van der Waals surface area contributed by atoms with E-state index in [-0.39, 0.29) is 5.41 Å². The Labute approximate surface area is 411 Å². The Kier molecular flexibility index (Phi) is 9.14. The summed E-state index contributed by atoms with van der Waals surface area (Å²) in [6, 6.07) is 89.0. The fraction of sp³-hybridized carbons (Fsp3) is 0.0448. The van der Waals surface area contributed by atoms with Crippen molar-refractivity contribution in [3.05, 3.63) is 254 Å². The first kappa shape index (κ1) is 40.6. The van der Waals surface area contributed by atoms with Crippen LogP contribution in [0.5, 0.6) is 0 Å². The van der Waals surface area contributed by atoms with Crippen molar-refractivity contribution in [2.45, 2.75) is 19.3 Å². The molecule has 2 nitrogen and oxygen atoms in total. The summed E-state index contributed by atoms with van der Waals surface area (Å²) in [6.07, 6.45) is 0. The summed E-state index contributed by atoms with van der Waals surface area (Å²) in [7, 11) is 0. The van der Waals surface area contributed by atoms with E-state index in [1.54, 1.807) is 0 Å². The SMILES string of the molecule is CC1(C)c2cc(-c3ccc(N(c4ccccc4)c4ccccc4)cc3)ccc2-c2c1c1cccc3c4c5ccc(-c6ccc(N(c7ccccc7)c7ccccc7)cc6)cc5sc4c4cccc2c4c13. The van der Waals surface area contributed by atoms with E-state index >= 15 is 0 Å². The molecular formula is C67H46N2S. The third-order valence-corrected chi connectivity index (χ3v) is 16.1. The molecule has 0 atom stereocenters. The van der Waals surface area contributed by atoms with E-state index in [1.165, 1.54) is 97.0 Å². The molecule has 1 heterocycles. The molecule has 0 N–H and O–H groups in total. The van der Waals surface area contributed by atoms with Crippen molar-refractivity contribution in [2.24, 2.45) is 0 Å². The smallest absolute Gasteiger partial charge is 0.0462 e. The van der Waals surface area contributed by atoms with Crippen LogP contribution in [-0.4, -0.2) is 0 Å². The predicted molar refractivity (Wildman–Crippen MR) is 301 cm³/mol. The Hall–Kier alpha value is -8.50. The van der Waals surface area contributed by atoms with Gasteiger partial charge >= 0.3 is 0 Å². The van der Waals surface area contributed by atoms with Crippen molar-refractivity contribution in [3.63, 3.8) is 0 Å². The zero-order valence-corrected chi connectivity index (χ0v) is 39.7. The van der Waals surface area contributed by atoms with Crippen molar-refractivity contribution in [1.29, 1.82) is 0 Å². The number of hydrogen-bond donors (Lipinski definition) is 0. The van der Waals surface area contributed by atoms with Crippen LogP contribution in [0.25, 0.3) is 85.9 Å². The van der Waals surface area contributed by atoms with E-state index < -0.39 is 0 Å². The maximum Gasteiger partial charge on any atom is 0.0462 e. The van der Waals surface area contributed by atoms with Gasteiger partial charge in [0.25, 0.3) is 0 Å². The van der Waals surface area contributed by atoms with Gasteiger partial charge in [-0.1, -0.05) is 172 Å². The molecular weight excluding hydrogens is 865 g/mol. The predicted octanol–water partition coefficient (Wildman–Crippen LogP) is 19.5. The molecule has 0 fully saturated rings. The molecule has 14 rings (SSSR count). The molecule has 330 valence electrons. The molecule has 1 aliphatic carbocycles. The Morgan fingerprint density at radius 2 is 0.757 bits per heavy atom. The number of nitrogens with zero attached hydrogens (tertiary/aromatic N) is 2. The van der Waals surface area contributed by atoms with Gasteiger partial charge in [0, 0.05) is 65.1 Å². The van der Waals surface area contributed by atoms with E-state index in [4.69, 9.17) is 0 Å². The standard InChI is InChI=1S/C67H46N2S/c1-67(2)59-41-45(43-29-35-51(36-30-43)68(47-17-7-3-8-18-47)48-19-9-4-10-20-48)33-39-53(59)63-55-25-16-28-58-62(55)61-56(26-15-27-57(61)65(63)67)64-54-40-34-46(42-60(54)70-66(58)64)44-31-37-52(38-32-44)69(49-21-11-5-12-22-49)50-23-13-6-14-24-50/h3-42H,1-2H3. The van der Waals surface area contributed by atoms with Crippen LogP contribution in [0.3, 0.4) is 0 Å². The van der Waals surface area contributed by atoms with E-state index in [0.29, 0.717) is 0 Å². The fourth-order valence-corrected chi connectivity index (χ4v) is 13.1. The average molecular weight is 911 g/mol. The molecule has 0 aliphatic heterocycles. The molecule has 0 saturated carbocycles. The molecule has 0 bridgehead atoms. The Morgan fingerprint density at radius 3 is 1.30 bits per heavy atom. The van der Waals surface area contributed by atoms with Gasteiger partial charge in [-0.2, -0.15) is 0 Å². The minimum Gasteiger partial charge on any atom is -0.311 e. The first-order valence-corrected chi connectivity index (χ1v) is 25.1. The van der Waals surface area contributed by atoms with Crippen LogP contribution in [0.4, 0.5) is 34.1 Å². The van der Waals surface area contributed by atoms with Crippen molar-refractivity contribution < 1.29 is 0 Å².